The highest BCUT2D eigenvalue weighted by molar-refractivity contribution is 7.79. The van der Waals surface area contributed by atoms with E-state index in [4.69, 9.17) is 43.9 Å². The van der Waals surface area contributed by atoms with Gasteiger partial charge in [0.05, 0.1) is 30.7 Å². The zero-order valence-corrected chi connectivity index (χ0v) is 19.0. The summed E-state index contributed by atoms with van der Waals surface area (Å²) in [7, 11) is 0. The molecule has 3 aromatic rings. The highest BCUT2D eigenvalue weighted by atomic mass is 35.5. The number of ether oxygens (including phenoxy) is 3. The van der Waals surface area contributed by atoms with Gasteiger partial charge < -0.3 is 18.8 Å². The fourth-order valence-corrected chi connectivity index (χ4v) is 3.85. The number of thiocarbonyl (C=S) groups is 1. The summed E-state index contributed by atoms with van der Waals surface area (Å²) in [4.78, 5) is 4.14. The van der Waals surface area contributed by atoms with E-state index in [1.165, 1.54) is 16.1 Å². The van der Waals surface area contributed by atoms with Gasteiger partial charge in [-0.1, -0.05) is 36.0 Å². The standard InChI is InChI=1S/C23H25ClN4O3S/c24-19-3-1-18(2-4-19)9-10-23(15-27-12-11-26-16-27)30-14-22(31-23)13-29-21-7-5-20(6-8-21)28(25)17-32/h1-8,11-12,16-17,22H,9-10,13-15,25H2. The van der Waals surface area contributed by atoms with Crippen molar-refractivity contribution in [1.82, 2.24) is 9.55 Å². The number of hydrazine groups is 1. The van der Waals surface area contributed by atoms with E-state index < -0.39 is 5.79 Å². The van der Waals surface area contributed by atoms with E-state index in [-0.39, 0.29) is 6.10 Å². The molecule has 1 aliphatic heterocycles. The van der Waals surface area contributed by atoms with Crippen molar-refractivity contribution in [3.63, 3.8) is 0 Å². The third kappa shape index (κ3) is 5.85. The summed E-state index contributed by atoms with van der Waals surface area (Å²) in [5, 5.41) is 2.10. The lowest BCUT2D eigenvalue weighted by Gasteiger charge is -2.28. The Balaban J connectivity index is 1.37. The van der Waals surface area contributed by atoms with Crippen LogP contribution in [0.15, 0.2) is 67.3 Å². The van der Waals surface area contributed by atoms with E-state index in [0.29, 0.717) is 26.2 Å². The number of nitrogens with zero attached hydrogens (tertiary/aromatic N) is 3. The molecule has 0 saturated carbocycles. The first kappa shape index (κ1) is 22.7. The minimum absolute atomic E-state index is 0.185. The first-order valence-corrected chi connectivity index (χ1v) is 11.1. The number of hydrogen-bond donors (Lipinski definition) is 1. The van der Waals surface area contributed by atoms with Gasteiger partial charge in [0.15, 0.2) is 5.79 Å². The van der Waals surface area contributed by atoms with Crippen LogP contribution in [0.25, 0.3) is 0 Å². The molecule has 0 aliphatic carbocycles. The van der Waals surface area contributed by atoms with E-state index in [0.717, 1.165) is 22.9 Å². The zero-order valence-electron chi connectivity index (χ0n) is 17.5. The Morgan fingerprint density at radius 2 is 2.03 bits per heavy atom. The van der Waals surface area contributed by atoms with Gasteiger partial charge in [0.1, 0.15) is 18.5 Å². The summed E-state index contributed by atoms with van der Waals surface area (Å²) in [6.07, 6.45) is 6.73. The highest BCUT2D eigenvalue weighted by Gasteiger charge is 2.42. The second-order valence-electron chi connectivity index (χ2n) is 7.64. The van der Waals surface area contributed by atoms with E-state index in [9.17, 15) is 0 Å². The molecule has 1 aliphatic rings. The topological polar surface area (TPSA) is 74.8 Å². The minimum atomic E-state index is -0.752. The maximum Gasteiger partial charge on any atom is 0.187 e. The van der Waals surface area contributed by atoms with E-state index in [2.05, 4.69) is 4.98 Å². The van der Waals surface area contributed by atoms with Crippen LogP contribution < -0.4 is 15.6 Å². The predicted octanol–water partition coefficient (Wildman–Crippen LogP) is 4.00. The van der Waals surface area contributed by atoms with Crippen LogP contribution in [-0.4, -0.2) is 40.1 Å². The van der Waals surface area contributed by atoms with Crippen LogP contribution in [0.2, 0.25) is 5.02 Å². The van der Waals surface area contributed by atoms with Crippen molar-refractivity contribution >= 4 is 35.0 Å². The van der Waals surface area contributed by atoms with Gasteiger partial charge in [-0.2, -0.15) is 0 Å². The molecule has 0 spiro atoms. The van der Waals surface area contributed by atoms with Crippen LogP contribution in [0.5, 0.6) is 5.75 Å². The molecule has 2 heterocycles. The van der Waals surface area contributed by atoms with Gasteiger partial charge in [-0.05, 0) is 48.4 Å². The monoisotopic (exact) mass is 472 g/mol. The van der Waals surface area contributed by atoms with Gasteiger partial charge >= 0.3 is 0 Å². The number of hydrogen-bond acceptors (Lipinski definition) is 6. The Kier molecular flexibility index (Phi) is 7.39. The van der Waals surface area contributed by atoms with Crippen molar-refractivity contribution < 1.29 is 14.2 Å². The second-order valence-corrected chi connectivity index (χ2v) is 8.29. The number of anilines is 1. The summed E-state index contributed by atoms with van der Waals surface area (Å²) in [6.45, 7) is 1.38. The van der Waals surface area contributed by atoms with Gasteiger partial charge in [0, 0.05) is 23.8 Å². The molecule has 2 aromatic carbocycles. The van der Waals surface area contributed by atoms with Crippen LogP contribution in [0.3, 0.4) is 0 Å². The van der Waals surface area contributed by atoms with Crippen LogP contribution in [0.4, 0.5) is 5.69 Å². The Morgan fingerprint density at radius 1 is 1.25 bits per heavy atom. The Morgan fingerprint density at radius 3 is 2.72 bits per heavy atom. The van der Waals surface area contributed by atoms with E-state index in [1.54, 1.807) is 12.5 Å². The molecule has 168 valence electrons. The quantitative estimate of drug-likeness (QED) is 0.271. The van der Waals surface area contributed by atoms with Crippen molar-refractivity contribution in [3.8, 4) is 5.75 Å². The Labute approximate surface area is 197 Å². The summed E-state index contributed by atoms with van der Waals surface area (Å²) >= 11 is 10.8. The van der Waals surface area contributed by atoms with Gasteiger partial charge in [0.25, 0.3) is 0 Å². The molecule has 32 heavy (non-hydrogen) atoms. The van der Waals surface area contributed by atoms with Crippen molar-refractivity contribution in [1.29, 1.82) is 0 Å². The lowest BCUT2D eigenvalue weighted by atomic mass is 10.0. The Hall–Kier alpha value is -2.49. The third-order valence-corrected chi connectivity index (χ3v) is 5.77. The molecule has 2 unspecified atom stereocenters. The molecule has 0 amide bonds. The van der Waals surface area contributed by atoms with Crippen molar-refractivity contribution in [2.75, 3.05) is 18.2 Å². The average molecular weight is 473 g/mol. The molecule has 0 radical (unpaired) electrons. The van der Waals surface area contributed by atoms with Crippen molar-refractivity contribution in [3.05, 3.63) is 77.8 Å². The van der Waals surface area contributed by atoms with Gasteiger partial charge in [-0.3, -0.25) is 5.01 Å². The van der Waals surface area contributed by atoms with Crippen molar-refractivity contribution in [2.24, 2.45) is 5.84 Å². The number of aromatic nitrogens is 2. The van der Waals surface area contributed by atoms with Crippen LogP contribution in [-0.2, 0) is 22.4 Å². The van der Waals surface area contributed by atoms with Gasteiger partial charge in [0.2, 0.25) is 0 Å². The highest BCUT2D eigenvalue weighted by Crippen LogP contribution is 2.31. The number of aryl methyl sites for hydroxylation is 1. The minimum Gasteiger partial charge on any atom is -0.491 e. The molecule has 1 aromatic heterocycles. The smallest absolute Gasteiger partial charge is 0.187 e. The molecular formula is C23H25ClN4O3S. The summed E-state index contributed by atoms with van der Waals surface area (Å²) < 4.78 is 20.5. The lowest BCUT2D eigenvalue weighted by molar-refractivity contribution is -0.184. The van der Waals surface area contributed by atoms with Crippen LogP contribution in [0.1, 0.15) is 12.0 Å². The van der Waals surface area contributed by atoms with E-state index >= 15 is 0 Å². The van der Waals surface area contributed by atoms with Crippen LogP contribution in [0, 0.1) is 0 Å². The SMILES string of the molecule is NN(C=S)c1ccc(OCC2COC(CCc3ccc(Cl)cc3)(Cn3ccnc3)O2)cc1. The summed E-state index contributed by atoms with van der Waals surface area (Å²) in [6, 6.07) is 15.2. The second kappa shape index (κ2) is 10.4. The maximum absolute atomic E-state index is 6.40. The molecular weight excluding hydrogens is 448 g/mol. The molecule has 0 bridgehead atoms. The predicted molar refractivity (Wildman–Crippen MR) is 128 cm³/mol. The fourth-order valence-electron chi connectivity index (χ4n) is 3.60. The van der Waals surface area contributed by atoms with Gasteiger partial charge in [-0.15, -0.1) is 0 Å². The first-order valence-electron chi connectivity index (χ1n) is 10.3. The number of rotatable bonds is 10. The van der Waals surface area contributed by atoms with Crippen LogP contribution >= 0.6 is 23.8 Å². The average Bonchev–Trinajstić information content (AvgIpc) is 3.48. The molecule has 1 saturated heterocycles. The van der Waals surface area contributed by atoms with Crippen molar-refractivity contribution in [2.45, 2.75) is 31.3 Å². The summed E-state index contributed by atoms with van der Waals surface area (Å²) in [5.74, 6) is 5.74. The number of nitrogens with two attached hydrogens (primary N) is 1. The maximum atomic E-state index is 6.40. The molecule has 9 heteroatoms. The normalized spacial score (nSPS) is 20.2. The largest absolute Gasteiger partial charge is 0.491 e. The number of benzene rings is 2. The molecule has 4 rings (SSSR count). The molecule has 1 fully saturated rings. The third-order valence-electron chi connectivity index (χ3n) is 5.29. The fraction of sp³-hybridized carbons (Fsp3) is 0.304. The molecule has 7 nitrogen and oxygen atoms in total. The molecule has 2 N–H and O–H groups in total. The summed E-state index contributed by atoms with van der Waals surface area (Å²) in [5.41, 5.74) is 3.34. The lowest BCUT2D eigenvalue weighted by Crippen LogP contribution is -2.37. The zero-order chi connectivity index (χ0) is 22.4. The molecule has 2 atom stereocenters. The number of imidazole rings is 1. The van der Waals surface area contributed by atoms with E-state index in [1.807, 2.05) is 59.3 Å². The first-order chi connectivity index (χ1) is 15.5. The number of halogens is 1. The Bertz CT molecular complexity index is 1000. The van der Waals surface area contributed by atoms with Gasteiger partial charge in [-0.25, -0.2) is 10.8 Å².